The van der Waals surface area contributed by atoms with Crippen LogP contribution in [0.5, 0.6) is 0 Å². The molecular formula is C11H13NOS. The van der Waals surface area contributed by atoms with Gasteiger partial charge in [-0.25, -0.2) is 0 Å². The molecule has 0 saturated carbocycles. The first-order valence-corrected chi connectivity index (χ1v) is 5.57. The van der Waals surface area contributed by atoms with E-state index in [0.29, 0.717) is 5.92 Å². The van der Waals surface area contributed by atoms with Crippen LogP contribution in [0.4, 0.5) is 0 Å². The summed E-state index contributed by atoms with van der Waals surface area (Å²) < 4.78 is 4.82. The first kappa shape index (κ1) is 9.46. The fraction of sp³-hybridized carbons (Fsp3) is 0.364. The van der Waals surface area contributed by atoms with Crippen LogP contribution in [0.2, 0.25) is 0 Å². The Kier molecular flexibility index (Phi) is 2.68. The van der Waals surface area contributed by atoms with Crippen molar-refractivity contribution in [2.24, 2.45) is 5.92 Å². The van der Waals surface area contributed by atoms with Crippen molar-refractivity contribution < 1.29 is 4.52 Å². The summed E-state index contributed by atoms with van der Waals surface area (Å²) in [6, 6.07) is 6.18. The molecule has 0 spiro atoms. The maximum atomic E-state index is 4.82. The van der Waals surface area contributed by atoms with E-state index in [-0.39, 0.29) is 0 Å². The van der Waals surface area contributed by atoms with E-state index < -0.39 is 0 Å². The van der Waals surface area contributed by atoms with Gasteiger partial charge >= 0.3 is 0 Å². The second-order valence-corrected chi connectivity index (χ2v) is 4.92. The number of aromatic nitrogens is 1. The van der Waals surface area contributed by atoms with Crippen LogP contribution >= 0.6 is 11.3 Å². The van der Waals surface area contributed by atoms with E-state index in [1.807, 2.05) is 6.07 Å². The van der Waals surface area contributed by atoms with Gasteiger partial charge < -0.3 is 4.52 Å². The Morgan fingerprint density at radius 2 is 2.21 bits per heavy atom. The Hall–Kier alpha value is -1.09. The lowest BCUT2D eigenvalue weighted by molar-refractivity contribution is 0.422. The second-order valence-electron chi connectivity index (χ2n) is 3.75. The van der Waals surface area contributed by atoms with E-state index in [9.17, 15) is 0 Å². The van der Waals surface area contributed by atoms with Gasteiger partial charge in [0, 0.05) is 10.9 Å². The van der Waals surface area contributed by atoms with Gasteiger partial charge in [0.25, 0.3) is 0 Å². The van der Waals surface area contributed by atoms with Crippen LogP contribution in [0.15, 0.2) is 29.0 Å². The maximum absolute atomic E-state index is 4.82. The summed E-state index contributed by atoms with van der Waals surface area (Å²) in [5, 5.41) is 3.91. The standard InChI is InChI=1S/C11H13NOS/c1-8(2)7-9-3-4-11(14-9)10-5-6-13-12-10/h3-6,8H,7H2,1-2H3. The van der Waals surface area contributed by atoms with E-state index in [1.165, 1.54) is 9.75 Å². The molecule has 74 valence electrons. The predicted octanol–water partition coefficient (Wildman–Crippen LogP) is 3.60. The smallest absolute Gasteiger partial charge is 0.124 e. The van der Waals surface area contributed by atoms with Gasteiger partial charge in [0.2, 0.25) is 0 Å². The summed E-state index contributed by atoms with van der Waals surface area (Å²) >= 11 is 1.80. The van der Waals surface area contributed by atoms with Crippen molar-refractivity contribution >= 4 is 11.3 Å². The van der Waals surface area contributed by atoms with Gasteiger partial charge in [-0.05, 0) is 24.5 Å². The van der Waals surface area contributed by atoms with Crippen molar-refractivity contribution in [2.45, 2.75) is 20.3 Å². The molecule has 2 aromatic heterocycles. The molecule has 0 saturated heterocycles. The van der Waals surface area contributed by atoms with Gasteiger partial charge in [0.15, 0.2) is 0 Å². The third kappa shape index (κ3) is 2.04. The van der Waals surface area contributed by atoms with E-state index in [1.54, 1.807) is 17.6 Å². The second kappa shape index (κ2) is 3.96. The van der Waals surface area contributed by atoms with Crippen molar-refractivity contribution in [1.82, 2.24) is 5.16 Å². The lowest BCUT2D eigenvalue weighted by Crippen LogP contribution is -1.89. The number of thiophene rings is 1. The van der Waals surface area contributed by atoms with Crippen molar-refractivity contribution in [3.05, 3.63) is 29.3 Å². The molecule has 0 fully saturated rings. The molecule has 0 radical (unpaired) electrons. The zero-order valence-corrected chi connectivity index (χ0v) is 9.17. The van der Waals surface area contributed by atoms with Crippen molar-refractivity contribution in [2.75, 3.05) is 0 Å². The highest BCUT2D eigenvalue weighted by molar-refractivity contribution is 7.15. The van der Waals surface area contributed by atoms with Gasteiger partial charge in [-0.1, -0.05) is 19.0 Å². The SMILES string of the molecule is CC(C)Cc1ccc(-c2ccon2)s1. The Morgan fingerprint density at radius 1 is 1.36 bits per heavy atom. The summed E-state index contributed by atoms with van der Waals surface area (Å²) in [7, 11) is 0. The first-order chi connectivity index (χ1) is 6.75. The van der Waals surface area contributed by atoms with Crippen LogP contribution in [-0.4, -0.2) is 5.16 Å². The van der Waals surface area contributed by atoms with Crippen LogP contribution in [0.1, 0.15) is 18.7 Å². The summed E-state index contributed by atoms with van der Waals surface area (Å²) in [4.78, 5) is 2.60. The van der Waals surface area contributed by atoms with Gasteiger partial charge in [0.05, 0.1) is 4.88 Å². The molecule has 0 amide bonds. The third-order valence-corrected chi connectivity index (χ3v) is 3.09. The molecular weight excluding hydrogens is 194 g/mol. The molecule has 0 N–H and O–H groups in total. The Bertz CT molecular complexity index is 389. The van der Waals surface area contributed by atoms with Gasteiger partial charge in [-0.2, -0.15) is 0 Å². The van der Waals surface area contributed by atoms with Gasteiger partial charge in [0.1, 0.15) is 12.0 Å². The van der Waals surface area contributed by atoms with Gasteiger partial charge in [-0.3, -0.25) is 0 Å². The summed E-state index contributed by atoms with van der Waals surface area (Å²) in [6.45, 7) is 4.46. The van der Waals surface area contributed by atoms with Crippen molar-refractivity contribution in [1.29, 1.82) is 0 Å². The van der Waals surface area contributed by atoms with Crippen LogP contribution in [-0.2, 0) is 6.42 Å². The van der Waals surface area contributed by atoms with E-state index in [4.69, 9.17) is 4.52 Å². The average molecular weight is 207 g/mol. The fourth-order valence-corrected chi connectivity index (χ4v) is 2.55. The molecule has 2 nitrogen and oxygen atoms in total. The third-order valence-electron chi connectivity index (χ3n) is 1.96. The van der Waals surface area contributed by atoms with Crippen LogP contribution in [0.3, 0.4) is 0 Å². The van der Waals surface area contributed by atoms with Crippen molar-refractivity contribution in [3.8, 4) is 10.6 Å². The molecule has 0 aliphatic rings. The Morgan fingerprint density at radius 3 is 2.86 bits per heavy atom. The maximum Gasteiger partial charge on any atom is 0.124 e. The molecule has 2 heterocycles. The number of hydrogen-bond acceptors (Lipinski definition) is 3. The lowest BCUT2D eigenvalue weighted by Gasteiger charge is -1.99. The Balaban J connectivity index is 2.18. The molecule has 0 aliphatic carbocycles. The summed E-state index contributed by atoms with van der Waals surface area (Å²) in [5.41, 5.74) is 0.935. The minimum atomic E-state index is 0.707. The van der Waals surface area contributed by atoms with E-state index in [0.717, 1.165) is 12.1 Å². The van der Waals surface area contributed by atoms with Crippen LogP contribution in [0, 0.1) is 5.92 Å². The summed E-state index contributed by atoms with van der Waals surface area (Å²) in [6.07, 6.45) is 2.75. The minimum Gasteiger partial charge on any atom is -0.364 e. The number of hydrogen-bond donors (Lipinski definition) is 0. The van der Waals surface area contributed by atoms with Crippen LogP contribution < -0.4 is 0 Å². The molecule has 0 aromatic carbocycles. The molecule has 0 unspecified atom stereocenters. The highest BCUT2D eigenvalue weighted by Crippen LogP contribution is 2.27. The number of nitrogens with zero attached hydrogens (tertiary/aromatic N) is 1. The largest absolute Gasteiger partial charge is 0.364 e. The fourth-order valence-electron chi connectivity index (χ4n) is 1.37. The van der Waals surface area contributed by atoms with E-state index >= 15 is 0 Å². The highest BCUT2D eigenvalue weighted by Gasteiger charge is 2.06. The predicted molar refractivity (Wildman–Crippen MR) is 58.4 cm³/mol. The molecule has 2 aromatic rings. The zero-order chi connectivity index (χ0) is 9.97. The first-order valence-electron chi connectivity index (χ1n) is 4.75. The van der Waals surface area contributed by atoms with Crippen molar-refractivity contribution in [3.63, 3.8) is 0 Å². The lowest BCUT2D eigenvalue weighted by atomic mass is 10.1. The topological polar surface area (TPSA) is 26.0 Å². The van der Waals surface area contributed by atoms with Gasteiger partial charge in [-0.15, -0.1) is 11.3 Å². The minimum absolute atomic E-state index is 0.707. The molecule has 3 heteroatoms. The quantitative estimate of drug-likeness (QED) is 0.768. The highest BCUT2D eigenvalue weighted by atomic mass is 32.1. The molecule has 14 heavy (non-hydrogen) atoms. The molecule has 0 bridgehead atoms. The summed E-state index contributed by atoms with van der Waals surface area (Å²) in [5.74, 6) is 0.707. The molecule has 0 aliphatic heterocycles. The Labute approximate surface area is 87.6 Å². The number of rotatable bonds is 3. The zero-order valence-electron chi connectivity index (χ0n) is 8.36. The van der Waals surface area contributed by atoms with Crippen LogP contribution in [0.25, 0.3) is 10.6 Å². The normalized spacial score (nSPS) is 11.1. The van der Waals surface area contributed by atoms with E-state index in [2.05, 4.69) is 31.1 Å². The molecule has 0 atom stereocenters. The average Bonchev–Trinajstić information content (AvgIpc) is 2.69. The monoisotopic (exact) mass is 207 g/mol. The molecule has 2 rings (SSSR count).